The van der Waals surface area contributed by atoms with Crippen molar-refractivity contribution >= 4 is 18.0 Å². The zero-order valence-electron chi connectivity index (χ0n) is 11.4. The molecule has 0 saturated heterocycles. The SMILES string of the molecule is CCOC(=O)/C(C#N)=C/c1cccc(OC(=O)CC)c1. The summed E-state index contributed by atoms with van der Waals surface area (Å²) in [5, 5.41) is 8.93. The molecular weight excluding hydrogens is 258 g/mol. The zero-order valence-corrected chi connectivity index (χ0v) is 11.4. The van der Waals surface area contributed by atoms with E-state index in [0.717, 1.165) is 0 Å². The van der Waals surface area contributed by atoms with Gasteiger partial charge >= 0.3 is 11.9 Å². The monoisotopic (exact) mass is 273 g/mol. The molecule has 0 heterocycles. The predicted octanol–water partition coefficient (Wildman–Crippen LogP) is 2.47. The molecular formula is C15H15NO4. The van der Waals surface area contributed by atoms with E-state index in [0.29, 0.717) is 11.3 Å². The molecule has 20 heavy (non-hydrogen) atoms. The standard InChI is InChI=1S/C15H15NO4/c1-3-14(17)20-13-7-5-6-11(9-13)8-12(10-16)15(18)19-4-2/h5-9H,3-4H2,1-2H3/b12-8+. The van der Waals surface area contributed by atoms with Crippen molar-refractivity contribution in [2.45, 2.75) is 20.3 Å². The predicted molar refractivity (Wildman–Crippen MR) is 72.6 cm³/mol. The van der Waals surface area contributed by atoms with Crippen LogP contribution in [-0.2, 0) is 14.3 Å². The first kappa shape index (κ1) is 15.4. The number of carbonyl (C=O) groups is 2. The molecule has 0 aliphatic rings. The molecule has 0 bridgehead atoms. The number of nitriles is 1. The third-order valence-corrected chi connectivity index (χ3v) is 2.31. The first-order valence-corrected chi connectivity index (χ1v) is 6.20. The minimum atomic E-state index is -0.675. The van der Waals surface area contributed by atoms with Crippen LogP contribution in [0.25, 0.3) is 6.08 Å². The van der Waals surface area contributed by atoms with Crippen LogP contribution in [-0.4, -0.2) is 18.5 Å². The lowest BCUT2D eigenvalue weighted by Crippen LogP contribution is -2.06. The van der Waals surface area contributed by atoms with Crippen LogP contribution >= 0.6 is 0 Å². The van der Waals surface area contributed by atoms with Gasteiger partial charge in [-0.3, -0.25) is 4.79 Å². The van der Waals surface area contributed by atoms with Crippen LogP contribution in [0, 0.1) is 11.3 Å². The van der Waals surface area contributed by atoms with Gasteiger partial charge in [0.25, 0.3) is 0 Å². The molecule has 5 nitrogen and oxygen atoms in total. The van der Waals surface area contributed by atoms with Crippen LogP contribution in [0.5, 0.6) is 5.75 Å². The van der Waals surface area contributed by atoms with E-state index in [1.54, 1.807) is 44.2 Å². The molecule has 0 amide bonds. The van der Waals surface area contributed by atoms with Crippen LogP contribution in [0.3, 0.4) is 0 Å². The molecule has 5 heteroatoms. The second-order valence-corrected chi connectivity index (χ2v) is 3.79. The van der Waals surface area contributed by atoms with Gasteiger partial charge in [0, 0.05) is 6.42 Å². The highest BCUT2D eigenvalue weighted by molar-refractivity contribution is 5.97. The van der Waals surface area contributed by atoms with Crippen molar-refractivity contribution < 1.29 is 19.1 Å². The molecule has 1 aromatic rings. The number of carbonyl (C=O) groups excluding carboxylic acids is 2. The van der Waals surface area contributed by atoms with Gasteiger partial charge < -0.3 is 9.47 Å². The number of ether oxygens (including phenoxy) is 2. The molecule has 104 valence electrons. The van der Waals surface area contributed by atoms with Gasteiger partial charge in [-0.15, -0.1) is 0 Å². The van der Waals surface area contributed by atoms with Gasteiger partial charge in [0.1, 0.15) is 17.4 Å². The van der Waals surface area contributed by atoms with Crippen molar-refractivity contribution in [3.63, 3.8) is 0 Å². The van der Waals surface area contributed by atoms with Crippen LogP contribution in [0.15, 0.2) is 29.8 Å². The summed E-state index contributed by atoms with van der Waals surface area (Å²) in [4.78, 5) is 22.7. The molecule has 0 aromatic heterocycles. The summed E-state index contributed by atoms with van der Waals surface area (Å²) in [6.45, 7) is 3.56. The molecule has 1 rings (SSSR count). The van der Waals surface area contributed by atoms with E-state index in [1.165, 1.54) is 6.08 Å². The van der Waals surface area contributed by atoms with Crippen LogP contribution in [0.4, 0.5) is 0 Å². The minimum absolute atomic E-state index is 0.106. The molecule has 0 unspecified atom stereocenters. The largest absolute Gasteiger partial charge is 0.462 e. The number of benzene rings is 1. The van der Waals surface area contributed by atoms with Crippen molar-refractivity contribution in [2.75, 3.05) is 6.61 Å². The topological polar surface area (TPSA) is 76.4 Å². The van der Waals surface area contributed by atoms with Crippen molar-refractivity contribution in [1.82, 2.24) is 0 Å². The number of hydrogen-bond acceptors (Lipinski definition) is 5. The molecule has 0 N–H and O–H groups in total. The van der Waals surface area contributed by atoms with Crippen LogP contribution in [0.2, 0.25) is 0 Å². The minimum Gasteiger partial charge on any atom is -0.462 e. The average Bonchev–Trinajstić information content (AvgIpc) is 2.45. The van der Waals surface area contributed by atoms with E-state index >= 15 is 0 Å². The molecule has 0 aliphatic carbocycles. The zero-order chi connectivity index (χ0) is 15.0. The van der Waals surface area contributed by atoms with Gasteiger partial charge in [-0.1, -0.05) is 19.1 Å². The fourth-order valence-electron chi connectivity index (χ4n) is 1.38. The Bertz CT molecular complexity index is 569. The maximum Gasteiger partial charge on any atom is 0.348 e. The normalized spacial score (nSPS) is 10.6. The summed E-state index contributed by atoms with van der Waals surface area (Å²) in [6, 6.07) is 8.35. The van der Waals surface area contributed by atoms with Crippen LogP contribution < -0.4 is 4.74 Å². The third kappa shape index (κ3) is 4.58. The quantitative estimate of drug-likeness (QED) is 0.356. The summed E-state index contributed by atoms with van der Waals surface area (Å²) in [6.07, 6.45) is 1.66. The second kappa shape index (κ2) is 7.74. The Kier molecular flexibility index (Phi) is 5.98. The number of rotatable bonds is 5. The van der Waals surface area contributed by atoms with Crippen molar-refractivity contribution in [1.29, 1.82) is 5.26 Å². The Morgan fingerprint density at radius 3 is 2.70 bits per heavy atom. The fraction of sp³-hybridized carbons (Fsp3) is 0.267. The Hall–Kier alpha value is -2.61. The lowest BCUT2D eigenvalue weighted by molar-refractivity contribution is -0.138. The Morgan fingerprint density at radius 1 is 1.35 bits per heavy atom. The molecule has 0 fully saturated rings. The van der Waals surface area contributed by atoms with Crippen molar-refractivity contribution in [3.05, 3.63) is 35.4 Å². The van der Waals surface area contributed by atoms with Gasteiger partial charge in [-0.2, -0.15) is 5.26 Å². The first-order valence-electron chi connectivity index (χ1n) is 6.20. The number of nitrogens with zero attached hydrogens (tertiary/aromatic N) is 1. The van der Waals surface area contributed by atoms with Gasteiger partial charge in [0.2, 0.25) is 0 Å². The highest BCUT2D eigenvalue weighted by Gasteiger charge is 2.10. The highest BCUT2D eigenvalue weighted by Crippen LogP contribution is 2.16. The van der Waals surface area contributed by atoms with Crippen LogP contribution in [0.1, 0.15) is 25.8 Å². The van der Waals surface area contributed by atoms with Gasteiger partial charge in [-0.05, 0) is 30.7 Å². The Labute approximate surface area is 117 Å². The fourth-order valence-corrected chi connectivity index (χ4v) is 1.38. The van der Waals surface area contributed by atoms with E-state index in [2.05, 4.69) is 0 Å². The van der Waals surface area contributed by atoms with E-state index < -0.39 is 5.97 Å². The Balaban J connectivity index is 2.96. The summed E-state index contributed by atoms with van der Waals surface area (Å²) >= 11 is 0. The van der Waals surface area contributed by atoms with Crippen molar-refractivity contribution in [2.24, 2.45) is 0 Å². The summed E-state index contributed by atoms with van der Waals surface area (Å²) in [5.41, 5.74) is 0.474. The molecule has 0 aliphatic heterocycles. The van der Waals surface area contributed by atoms with Gasteiger partial charge in [0.05, 0.1) is 6.61 Å². The van der Waals surface area contributed by atoms with E-state index in [4.69, 9.17) is 14.7 Å². The third-order valence-electron chi connectivity index (χ3n) is 2.31. The second-order valence-electron chi connectivity index (χ2n) is 3.79. The molecule has 0 saturated carbocycles. The van der Waals surface area contributed by atoms with E-state index in [1.807, 2.05) is 0 Å². The van der Waals surface area contributed by atoms with Gasteiger partial charge in [0.15, 0.2) is 0 Å². The summed E-state index contributed by atoms with van der Waals surface area (Å²) in [5.74, 6) is -0.658. The van der Waals surface area contributed by atoms with Gasteiger partial charge in [-0.25, -0.2) is 4.79 Å². The summed E-state index contributed by atoms with van der Waals surface area (Å²) < 4.78 is 9.82. The maximum atomic E-state index is 11.5. The lowest BCUT2D eigenvalue weighted by Gasteiger charge is -2.04. The summed E-state index contributed by atoms with van der Waals surface area (Å²) in [7, 11) is 0. The first-order chi connectivity index (χ1) is 9.60. The Morgan fingerprint density at radius 2 is 2.10 bits per heavy atom. The van der Waals surface area contributed by atoms with E-state index in [9.17, 15) is 9.59 Å². The highest BCUT2D eigenvalue weighted by atomic mass is 16.5. The smallest absolute Gasteiger partial charge is 0.348 e. The average molecular weight is 273 g/mol. The molecule has 0 spiro atoms. The number of hydrogen-bond donors (Lipinski definition) is 0. The molecule has 0 radical (unpaired) electrons. The molecule has 0 atom stereocenters. The number of esters is 2. The van der Waals surface area contributed by atoms with E-state index in [-0.39, 0.29) is 24.6 Å². The van der Waals surface area contributed by atoms with Crippen molar-refractivity contribution in [3.8, 4) is 11.8 Å². The molecule has 1 aromatic carbocycles. The maximum absolute atomic E-state index is 11.5. The lowest BCUT2D eigenvalue weighted by atomic mass is 10.1.